The molecule has 5 heteroatoms. The summed E-state index contributed by atoms with van der Waals surface area (Å²) in [5.74, 6) is 3.56. The van der Waals surface area contributed by atoms with Crippen molar-refractivity contribution in [2.24, 2.45) is 0 Å². The molecule has 0 unspecified atom stereocenters. The minimum absolute atomic E-state index is 0.599. The third-order valence-electron chi connectivity index (χ3n) is 2.72. The van der Waals surface area contributed by atoms with E-state index < -0.39 is 10.8 Å². The maximum absolute atomic E-state index is 11.2. The fraction of sp³-hybridized carbons (Fsp3) is 0.636. The summed E-state index contributed by atoms with van der Waals surface area (Å²) in [6.07, 6.45) is 0. The van der Waals surface area contributed by atoms with E-state index in [2.05, 4.69) is 10.2 Å². The third-order valence-corrected chi connectivity index (χ3v) is 3.99. The van der Waals surface area contributed by atoms with E-state index in [-0.39, 0.29) is 0 Å². The molecule has 2 heterocycles. The van der Waals surface area contributed by atoms with Crippen molar-refractivity contribution in [2.75, 3.05) is 31.6 Å². The average molecular weight is 242 g/mol. The summed E-state index contributed by atoms with van der Waals surface area (Å²) in [5, 5.41) is 3.06. The molecule has 0 aliphatic carbocycles. The Balaban J connectivity index is 1.86. The normalized spacial score (nSPS) is 19.1. The molecule has 1 fully saturated rings. The summed E-state index contributed by atoms with van der Waals surface area (Å²) in [7, 11) is 1.31. The van der Waals surface area contributed by atoms with E-state index in [9.17, 15) is 4.21 Å². The summed E-state index contributed by atoms with van der Waals surface area (Å²) in [6, 6.07) is 4.03. The molecule has 1 aromatic rings. The van der Waals surface area contributed by atoms with Crippen LogP contribution in [0.2, 0.25) is 0 Å². The summed E-state index contributed by atoms with van der Waals surface area (Å²) in [6.45, 7) is 3.42. The fourth-order valence-electron chi connectivity index (χ4n) is 1.83. The second kappa shape index (κ2) is 5.61. The van der Waals surface area contributed by atoms with Crippen molar-refractivity contribution >= 4 is 10.8 Å². The van der Waals surface area contributed by atoms with Gasteiger partial charge in [0.15, 0.2) is 0 Å². The summed E-state index contributed by atoms with van der Waals surface area (Å²) in [5.41, 5.74) is 0. The van der Waals surface area contributed by atoms with Crippen LogP contribution in [0.1, 0.15) is 11.5 Å². The lowest BCUT2D eigenvalue weighted by Crippen LogP contribution is -2.37. The van der Waals surface area contributed by atoms with Crippen LogP contribution in [0.4, 0.5) is 0 Å². The zero-order chi connectivity index (χ0) is 11.4. The minimum atomic E-state index is -0.599. The number of nitrogens with one attached hydrogen (secondary N) is 1. The van der Waals surface area contributed by atoms with E-state index in [1.807, 2.05) is 19.2 Å². The molecule has 1 aliphatic rings. The Bertz CT molecular complexity index is 355. The largest absolute Gasteiger partial charge is 0.463 e. The van der Waals surface area contributed by atoms with Crippen LogP contribution in [0.3, 0.4) is 0 Å². The Morgan fingerprint density at radius 3 is 2.75 bits per heavy atom. The molecule has 0 atom stereocenters. The Morgan fingerprint density at radius 1 is 1.38 bits per heavy atom. The Hall–Kier alpha value is -0.650. The number of furan rings is 1. The van der Waals surface area contributed by atoms with Crippen molar-refractivity contribution in [3.63, 3.8) is 0 Å². The van der Waals surface area contributed by atoms with E-state index >= 15 is 0 Å². The standard InChI is InChI=1S/C11H18N2O2S/c1-12-8-10-2-3-11(15-10)9-13-4-6-16(14)7-5-13/h2-3,12H,4-9H2,1H3. The first-order valence-electron chi connectivity index (χ1n) is 5.57. The van der Waals surface area contributed by atoms with Gasteiger partial charge in [0.1, 0.15) is 11.5 Å². The molecule has 90 valence electrons. The Morgan fingerprint density at radius 2 is 2.06 bits per heavy atom. The number of rotatable bonds is 4. The highest BCUT2D eigenvalue weighted by Crippen LogP contribution is 2.12. The van der Waals surface area contributed by atoms with E-state index in [1.165, 1.54) is 0 Å². The van der Waals surface area contributed by atoms with Gasteiger partial charge in [-0.05, 0) is 19.2 Å². The molecular weight excluding hydrogens is 224 g/mol. The van der Waals surface area contributed by atoms with Gasteiger partial charge in [0.25, 0.3) is 0 Å². The Kier molecular flexibility index (Phi) is 4.15. The lowest BCUT2D eigenvalue weighted by Gasteiger charge is -2.24. The molecule has 0 radical (unpaired) electrons. The molecule has 16 heavy (non-hydrogen) atoms. The molecule has 0 amide bonds. The van der Waals surface area contributed by atoms with Gasteiger partial charge in [0.2, 0.25) is 0 Å². The van der Waals surface area contributed by atoms with Crippen molar-refractivity contribution < 1.29 is 8.63 Å². The van der Waals surface area contributed by atoms with Crippen molar-refractivity contribution in [3.05, 3.63) is 23.7 Å². The quantitative estimate of drug-likeness (QED) is 0.838. The molecule has 0 bridgehead atoms. The fourth-order valence-corrected chi connectivity index (χ4v) is 2.96. The van der Waals surface area contributed by atoms with E-state index in [4.69, 9.17) is 4.42 Å². The number of hydrogen-bond acceptors (Lipinski definition) is 4. The van der Waals surface area contributed by atoms with Crippen LogP contribution in [0.15, 0.2) is 16.5 Å². The first-order chi connectivity index (χ1) is 7.78. The first-order valence-corrected chi connectivity index (χ1v) is 7.06. The van der Waals surface area contributed by atoms with Gasteiger partial charge < -0.3 is 9.73 Å². The van der Waals surface area contributed by atoms with E-state index in [0.717, 1.165) is 49.2 Å². The van der Waals surface area contributed by atoms with Crippen LogP contribution in [0, 0.1) is 0 Å². The summed E-state index contributed by atoms with van der Waals surface area (Å²) >= 11 is 0. The van der Waals surface area contributed by atoms with Gasteiger partial charge in [0, 0.05) is 35.4 Å². The van der Waals surface area contributed by atoms with E-state index in [0.29, 0.717) is 0 Å². The first kappa shape index (κ1) is 11.8. The summed E-state index contributed by atoms with van der Waals surface area (Å²) < 4.78 is 16.9. The van der Waals surface area contributed by atoms with Crippen molar-refractivity contribution in [1.29, 1.82) is 0 Å². The van der Waals surface area contributed by atoms with Crippen molar-refractivity contribution in [1.82, 2.24) is 10.2 Å². The smallest absolute Gasteiger partial charge is 0.118 e. The third kappa shape index (κ3) is 3.17. The van der Waals surface area contributed by atoms with Gasteiger partial charge in [-0.2, -0.15) is 0 Å². The molecule has 4 nitrogen and oxygen atoms in total. The maximum Gasteiger partial charge on any atom is 0.118 e. The zero-order valence-electron chi connectivity index (χ0n) is 9.57. The molecule has 1 aliphatic heterocycles. The van der Waals surface area contributed by atoms with Gasteiger partial charge in [-0.1, -0.05) is 0 Å². The molecule has 2 rings (SSSR count). The lowest BCUT2D eigenvalue weighted by molar-refractivity contribution is 0.262. The minimum Gasteiger partial charge on any atom is -0.463 e. The highest BCUT2D eigenvalue weighted by Gasteiger charge is 2.16. The Labute approximate surface area is 98.5 Å². The highest BCUT2D eigenvalue weighted by atomic mass is 32.2. The topological polar surface area (TPSA) is 45.5 Å². The van der Waals surface area contributed by atoms with Gasteiger partial charge >= 0.3 is 0 Å². The zero-order valence-corrected chi connectivity index (χ0v) is 10.4. The van der Waals surface area contributed by atoms with Gasteiger partial charge in [-0.25, -0.2) is 0 Å². The van der Waals surface area contributed by atoms with Crippen LogP contribution >= 0.6 is 0 Å². The van der Waals surface area contributed by atoms with Crippen LogP contribution in [-0.2, 0) is 23.9 Å². The maximum atomic E-state index is 11.2. The predicted molar refractivity (Wildman–Crippen MR) is 64.6 cm³/mol. The van der Waals surface area contributed by atoms with Crippen LogP contribution in [-0.4, -0.2) is 40.8 Å². The second-order valence-electron chi connectivity index (χ2n) is 4.02. The van der Waals surface area contributed by atoms with Crippen LogP contribution in [0.5, 0.6) is 0 Å². The molecule has 1 saturated heterocycles. The van der Waals surface area contributed by atoms with Gasteiger partial charge in [0.05, 0.1) is 13.1 Å². The van der Waals surface area contributed by atoms with E-state index in [1.54, 1.807) is 0 Å². The summed E-state index contributed by atoms with van der Waals surface area (Å²) in [4.78, 5) is 2.30. The molecule has 1 aromatic heterocycles. The molecule has 0 aromatic carbocycles. The van der Waals surface area contributed by atoms with Gasteiger partial charge in [-0.15, -0.1) is 0 Å². The molecule has 0 saturated carbocycles. The average Bonchev–Trinajstić information content (AvgIpc) is 2.70. The van der Waals surface area contributed by atoms with Crippen LogP contribution < -0.4 is 5.32 Å². The molecule has 1 N–H and O–H groups in total. The van der Waals surface area contributed by atoms with Crippen molar-refractivity contribution in [3.8, 4) is 0 Å². The lowest BCUT2D eigenvalue weighted by atomic mass is 10.4. The van der Waals surface area contributed by atoms with Gasteiger partial charge in [-0.3, -0.25) is 9.11 Å². The SMILES string of the molecule is CNCc1ccc(CN2CCS(=O)CC2)o1. The highest BCUT2D eigenvalue weighted by molar-refractivity contribution is 7.85. The van der Waals surface area contributed by atoms with Crippen molar-refractivity contribution in [2.45, 2.75) is 13.1 Å². The molecular formula is C11H18N2O2S. The molecule has 0 spiro atoms. The number of hydrogen-bond donors (Lipinski definition) is 1. The predicted octanol–water partition coefficient (Wildman–Crippen LogP) is 0.563. The van der Waals surface area contributed by atoms with Crippen LogP contribution in [0.25, 0.3) is 0 Å². The second-order valence-corrected chi connectivity index (χ2v) is 5.72. The number of nitrogens with zero attached hydrogens (tertiary/aromatic N) is 1. The monoisotopic (exact) mass is 242 g/mol.